The minimum atomic E-state index is -0.0110. The number of carbonyl (C=O) groups is 1. The maximum atomic E-state index is 12.1. The molecule has 0 bridgehead atoms. The summed E-state index contributed by atoms with van der Waals surface area (Å²) < 4.78 is 0. The van der Waals surface area contributed by atoms with Gasteiger partial charge in [0.25, 0.3) is 0 Å². The van der Waals surface area contributed by atoms with Gasteiger partial charge in [-0.15, -0.1) is 0 Å². The van der Waals surface area contributed by atoms with Crippen LogP contribution >= 0.6 is 0 Å². The van der Waals surface area contributed by atoms with Crippen molar-refractivity contribution in [1.29, 1.82) is 0 Å². The minimum Gasteiger partial charge on any atom is -0.354 e. The van der Waals surface area contributed by atoms with Gasteiger partial charge in [-0.1, -0.05) is 67.4 Å². The molecule has 1 amide bonds. The second kappa shape index (κ2) is 11.6. The fraction of sp³-hybridized carbons (Fsp3) is 0.382. The molecule has 1 aliphatic heterocycles. The van der Waals surface area contributed by atoms with E-state index in [1.807, 2.05) is 19.9 Å². The number of aromatic nitrogens is 1. The van der Waals surface area contributed by atoms with Crippen molar-refractivity contribution < 1.29 is 4.79 Å². The van der Waals surface area contributed by atoms with Crippen molar-refractivity contribution in [3.8, 4) is 11.3 Å². The molecule has 1 aromatic heterocycles. The van der Waals surface area contributed by atoms with Crippen molar-refractivity contribution in [2.45, 2.75) is 59.3 Å². The van der Waals surface area contributed by atoms with Crippen molar-refractivity contribution in [3.05, 3.63) is 89.0 Å². The molecule has 0 atom stereocenters. The first-order chi connectivity index (χ1) is 18.4. The number of carbonyl (C=O) groups excluding carboxylic acids is 1. The van der Waals surface area contributed by atoms with Gasteiger partial charge in [-0.25, -0.2) is 0 Å². The van der Waals surface area contributed by atoms with Crippen molar-refractivity contribution in [3.63, 3.8) is 0 Å². The van der Waals surface area contributed by atoms with E-state index in [1.54, 1.807) is 0 Å². The predicted molar refractivity (Wildman–Crippen MR) is 160 cm³/mol. The molecule has 2 heterocycles. The van der Waals surface area contributed by atoms with E-state index in [1.165, 1.54) is 57.3 Å². The van der Waals surface area contributed by atoms with Gasteiger partial charge < -0.3 is 15.2 Å². The molecule has 0 aliphatic carbocycles. The SMILES string of the molecule is Cc1ccc(-c2[nH]c3ccc(C)cc3c2CCCN2CCC(c3cccc(NC(=O)C(C)C)c3)CC2)cc1. The Hall–Kier alpha value is -3.37. The van der Waals surface area contributed by atoms with E-state index in [-0.39, 0.29) is 11.8 Å². The highest BCUT2D eigenvalue weighted by molar-refractivity contribution is 5.92. The molecule has 38 heavy (non-hydrogen) atoms. The van der Waals surface area contributed by atoms with Gasteiger partial charge in [0, 0.05) is 28.2 Å². The highest BCUT2D eigenvalue weighted by Crippen LogP contribution is 2.33. The van der Waals surface area contributed by atoms with E-state index in [0.29, 0.717) is 5.92 Å². The molecule has 0 radical (unpaired) electrons. The molecule has 0 unspecified atom stereocenters. The van der Waals surface area contributed by atoms with E-state index >= 15 is 0 Å². The number of amides is 1. The van der Waals surface area contributed by atoms with Crippen molar-refractivity contribution >= 4 is 22.5 Å². The molecule has 198 valence electrons. The molecule has 4 aromatic rings. The number of anilines is 1. The normalized spacial score (nSPS) is 14.9. The van der Waals surface area contributed by atoms with Gasteiger partial charge in [-0.2, -0.15) is 0 Å². The van der Waals surface area contributed by atoms with Crippen LogP contribution in [-0.4, -0.2) is 35.4 Å². The first kappa shape index (κ1) is 26.2. The average molecular weight is 508 g/mol. The summed E-state index contributed by atoms with van der Waals surface area (Å²) in [6.45, 7) is 11.6. The van der Waals surface area contributed by atoms with E-state index < -0.39 is 0 Å². The van der Waals surface area contributed by atoms with Gasteiger partial charge in [0.2, 0.25) is 5.91 Å². The Kier molecular flexibility index (Phi) is 7.99. The molecule has 5 rings (SSSR count). The van der Waals surface area contributed by atoms with Crippen LogP contribution in [0.25, 0.3) is 22.2 Å². The smallest absolute Gasteiger partial charge is 0.226 e. The molecule has 3 aromatic carbocycles. The first-order valence-electron chi connectivity index (χ1n) is 14.2. The van der Waals surface area contributed by atoms with Crippen LogP contribution < -0.4 is 5.32 Å². The van der Waals surface area contributed by atoms with Gasteiger partial charge in [-0.05, 0) is 106 Å². The monoisotopic (exact) mass is 507 g/mol. The Morgan fingerprint density at radius 3 is 2.45 bits per heavy atom. The fourth-order valence-corrected chi connectivity index (χ4v) is 5.71. The summed E-state index contributed by atoms with van der Waals surface area (Å²) in [5, 5.41) is 4.42. The summed E-state index contributed by atoms with van der Waals surface area (Å²) in [7, 11) is 0. The van der Waals surface area contributed by atoms with Crippen LogP contribution in [0.4, 0.5) is 5.69 Å². The van der Waals surface area contributed by atoms with Crippen LogP contribution in [0, 0.1) is 19.8 Å². The maximum Gasteiger partial charge on any atom is 0.226 e. The number of hydrogen-bond acceptors (Lipinski definition) is 2. The van der Waals surface area contributed by atoms with Gasteiger partial charge >= 0.3 is 0 Å². The standard InChI is InChI=1S/C34H41N3O/c1-23(2)34(38)35-29-8-5-7-28(22-29)26-16-19-37(20-17-26)18-6-9-30-31-21-25(4)12-15-32(31)36-33(30)27-13-10-24(3)11-14-27/h5,7-8,10-15,21-23,26,36H,6,9,16-20H2,1-4H3,(H,35,38). The summed E-state index contributed by atoms with van der Waals surface area (Å²) in [6.07, 6.45) is 4.57. The molecule has 1 saturated heterocycles. The predicted octanol–water partition coefficient (Wildman–Crippen LogP) is 7.86. The van der Waals surface area contributed by atoms with Crippen LogP contribution in [0.3, 0.4) is 0 Å². The Morgan fingerprint density at radius 1 is 0.974 bits per heavy atom. The number of fused-ring (bicyclic) bond motifs is 1. The van der Waals surface area contributed by atoms with Crippen LogP contribution in [0.2, 0.25) is 0 Å². The topological polar surface area (TPSA) is 48.1 Å². The zero-order chi connectivity index (χ0) is 26.6. The molecule has 0 spiro atoms. The third-order valence-corrected chi connectivity index (χ3v) is 8.04. The van der Waals surface area contributed by atoms with Crippen LogP contribution in [0.5, 0.6) is 0 Å². The number of benzene rings is 3. The highest BCUT2D eigenvalue weighted by Gasteiger charge is 2.21. The third-order valence-electron chi connectivity index (χ3n) is 8.04. The summed E-state index contributed by atoms with van der Waals surface area (Å²) in [5.41, 5.74) is 10.1. The highest BCUT2D eigenvalue weighted by atomic mass is 16.1. The van der Waals surface area contributed by atoms with Crippen LogP contribution in [0.1, 0.15) is 61.3 Å². The molecule has 0 saturated carbocycles. The Labute approximate surface area is 227 Å². The Balaban J connectivity index is 1.21. The third kappa shape index (κ3) is 6.02. The van der Waals surface area contributed by atoms with E-state index in [2.05, 4.69) is 89.7 Å². The second-order valence-electron chi connectivity index (χ2n) is 11.4. The van der Waals surface area contributed by atoms with Crippen LogP contribution in [0.15, 0.2) is 66.7 Å². The van der Waals surface area contributed by atoms with Gasteiger partial charge in [0.05, 0.1) is 0 Å². The minimum absolute atomic E-state index is 0.0110. The Morgan fingerprint density at radius 2 is 1.71 bits per heavy atom. The van der Waals surface area contributed by atoms with Gasteiger partial charge in [0.1, 0.15) is 0 Å². The van der Waals surface area contributed by atoms with Gasteiger partial charge in [0.15, 0.2) is 0 Å². The fourth-order valence-electron chi connectivity index (χ4n) is 5.71. The molecule has 2 N–H and O–H groups in total. The Bertz CT molecular complexity index is 1390. The van der Waals surface area contributed by atoms with Crippen molar-refractivity contribution in [2.75, 3.05) is 25.0 Å². The lowest BCUT2D eigenvalue weighted by atomic mass is 9.89. The van der Waals surface area contributed by atoms with Gasteiger partial charge in [-0.3, -0.25) is 4.79 Å². The molecule has 1 aliphatic rings. The maximum absolute atomic E-state index is 12.1. The number of H-pyrrole nitrogens is 1. The second-order valence-corrected chi connectivity index (χ2v) is 11.4. The number of nitrogens with one attached hydrogen (secondary N) is 2. The summed E-state index contributed by atoms with van der Waals surface area (Å²) in [6, 6.07) is 24.1. The summed E-state index contributed by atoms with van der Waals surface area (Å²) >= 11 is 0. The summed E-state index contributed by atoms with van der Waals surface area (Å²) in [5.74, 6) is 0.628. The number of piperidine rings is 1. The zero-order valence-electron chi connectivity index (χ0n) is 23.3. The summed E-state index contributed by atoms with van der Waals surface area (Å²) in [4.78, 5) is 18.5. The molecule has 4 heteroatoms. The lowest BCUT2D eigenvalue weighted by Crippen LogP contribution is -2.33. The number of hydrogen-bond donors (Lipinski definition) is 2. The largest absolute Gasteiger partial charge is 0.354 e. The number of aryl methyl sites for hydroxylation is 3. The first-order valence-corrected chi connectivity index (χ1v) is 14.2. The molecule has 4 nitrogen and oxygen atoms in total. The lowest BCUT2D eigenvalue weighted by Gasteiger charge is -2.32. The zero-order valence-corrected chi connectivity index (χ0v) is 23.3. The molecular weight excluding hydrogens is 466 g/mol. The quantitative estimate of drug-likeness (QED) is 0.255. The lowest BCUT2D eigenvalue weighted by molar-refractivity contribution is -0.118. The number of aromatic amines is 1. The van der Waals surface area contributed by atoms with E-state index in [9.17, 15) is 4.79 Å². The molecular formula is C34H41N3O. The number of likely N-dealkylation sites (tertiary alicyclic amines) is 1. The van der Waals surface area contributed by atoms with E-state index in [4.69, 9.17) is 0 Å². The van der Waals surface area contributed by atoms with Crippen LogP contribution in [-0.2, 0) is 11.2 Å². The number of rotatable bonds is 8. The van der Waals surface area contributed by atoms with Crippen molar-refractivity contribution in [1.82, 2.24) is 9.88 Å². The van der Waals surface area contributed by atoms with E-state index in [0.717, 1.165) is 38.2 Å². The van der Waals surface area contributed by atoms with Crippen molar-refractivity contribution in [2.24, 2.45) is 5.92 Å². The number of nitrogens with zero attached hydrogens (tertiary/aromatic N) is 1. The molecule has 1 fully saturated rings. The average Bonchev–Trinajstić information content (AvgIpc) is 3.27.